The maximum Gasteiger partial charge on any atom is 0.338 e. The first-order chi connectivity index (χ1) is 11.5. The van der Waals surface area contributed by atoms with Crippen molar-refractivity contribution in [3.05, 3.63) is 71.8 Å². The lowest BCUT2D eigenvalue weighted by molar-refractivity contribution is -0.128. The Morgan fingerprint density at radius 2 is 1.67 bits per heavy atom. The number of carbonyl (C=O) groups is 2. The highest BCUT2D eigenvalue weighted by atomic mass is 16.5. The van der Waals surface area contributed by atoms with Crippen molar-refractivity contribution in [2.75, 3.05) is 6.61 Å². The van der Waals surface area contributed by atoms with Crippen molar-refractivity contribution in [2.45, 2.75) is 13.8 Å². The van der Waals surface area contributed by atoms with Gasteiger partial charge < -0.3 is 9.47 Å². The number of benzene rings is 2. The Hall–Kier alpha value is -2.88. The number of carbonyl (C=O) groups excluding carboxylic acids is 2. The Morgan fingerprint density at radius 3 is 2.29 bits per heavy atom. The van der Waals surface area contributed by atoms with Gasteiger partial charge in [-0.05, 0) is 41.8 Å². The number of ether oxygens (including phenoxy) is 2. The van der Waals surface area contributed by atoms with Gasteiger partial charge in [0.25, 0.3) is 0 Å². The molecule has 4 heteroatoms. The molecule has 0 N–H and O–H groups in total. The molecule has 124 valence electrons. The molecule has 0 unspecified atom stereocenters. The Morgan fingerprint density at radius 1 is 1.00 bits per heavy atom. The second-order valence-electron chi connectivity index (χ2n) is 5.68. The van der Waals surface area contributed by atoms with Gasteiger partial charge in [0.15, 0.2) is 0 Å². The quantitative estimate of drug-likeness (QED) is 0.456. The summed E-state index contributed by atoms with van der Waals surface area (Å²) < 4.78 is 10.3. The zero-order valence-electron chi connectivity index (χ0n) is 13.8. The number of rotatable bonds is 6. The molecule has 0 aromatic heterocycles. The first-order valence-corrected chi connectivity index (χ1v) is 7.76. The van der Waals surface area contributed by atoms with Gasteiger partial charge in [0.1, 0.15) is 5.75 Å². The van der Waals surface area contributed by atoms with E-state index in [2.05, 4.69) is 0 Å². The minimum Gasteiger partial charge on any atom is -0.462 e. The minimum absolute atomic E-state index is 0.283. The molecule has 0 radical (unpaired) electrons. The molecule has 0 spiro atoms. The van der Waals surface area contributed by atoms with Gasteiger partial charge in [-0.25, -0.2) is 9.59 Å². The summed E-state index contributed by atoms with van der Waals surface area (Å²) in [5.41, 5.74) is 1.34. The van der Waals surface area contributed by atoms with E-state index in [9.17, 15) is 9.59 Å². The SMILES string of the molecule is CC(C)COC(=O)c1ccc(OC(=O)/C=C/c2ccccc2)cc1. The van der Waals surface area contributed by atoms with Crippen molar-refractivity contribution in [3.8, 4) is 5.75 Å². The molecule has 0 heterocycles. The van der Waals surface area contributed by atoms with Gasteiger partial charge in [-0.3, -0.25) is 0 Å². The van der Waals surface area contributed by atoms with Crippen LogP contribution in [0.25, 0.3) is 6.08 Å². The van der Waals surface area contributed by atoms with Crippen LogP contribution in [0.5, 0.6) is 5.75 Å². The summed E-state index contributed by atoms with van der Waals surface area (Å²) >= 11 is 0. The van der Waals surface area contributed by atoms with Gasteiger partial charge in [-0.15, -0.1) is 0 Å². The van der Waals surface area contributed by atoms with Gasteiger partial charge in [0, 0.05) is 6.08 Å². The van der Waals surface area contributed by atoms with Crippen LogP contribution in [0.1, 0.15) is 29.8 Å². The van der Waals surface area contributed by atoms with Crippen LogP contribution in [-0.2, 0) is 9.53 Å². The van der Waals surface area contributed by atoms with Crippen LogP contribution in [0.4, 0.5) is 0 Å². The second-order valence-corrected chi connectivity index (χ2v) is 5.68. The molecule has 24 heavy (non-hydrogen) atoms. The Balaban J connectivity index is 1.90. The molecule has 0 aliphatic rings. The lowest BCUT2D eigenvalue weighted by atomic mass is 10.2. The van der Waals surface area contributed by atoms with E-state index in [1.165, 1.54) is 6.08 Å². The third-order valence-corrected chi connectivity index (χ3v) is 3.07. The third-order valence-electron chi connectivity index (χ3n) is 3.07. The summed E-state index contributed by atoms with van der Waals surface area (Å²) in [6.45, 7) is 4.32. The van der Waals surface area contributed by atoms with E-state index < -0.39 is 5.97 Å². The van der Waals surface area contributed by atoms with Gasteiger partial charge >= 0.3 is 11.9 Å². The standard InChI is InChI=1S/C20H20O4/c1-15(2)14-23-20(22)17-9-11-18(12-10-17)24-19(21)13-8-16-6-4-3-5-7-16/h3-13,15H,14H2,1-2H3/b13-8+. The fourth-order valence-corrected chi connectivity index (χ4v) is 1.86. The van der Waals surface area contributed by atoms with E-state index in [1.54, 1.807) is 30.3 Å². The topological polar surface area (TPSA) is 52.6 Å². The minimum atomic E-state index is -0.478. The van der Waals surface area contributed by atoms with E-state index in [0.29, 0.717) is 17.9 Å². The smallest absolute Gasteiger partial charge is 0.338 e. The molecule has 4 nitrogen and oxygen atoms in total. The molecule has 0 aliphatic carbocycles. The highest BCUT2D eigenvalue weighted by Crippen LogP contribution is 2.14. The van der Waals surface area contributed by atoms with Crippen molar-refractivity contribution in [3.63, 3.8) is 0 Å². The fraction of sp³-hybridized carbons (Fsp3) is 0.200. The van der Waals surface area contributed by atoms with Crippen molar-refractivity contribution < 1.29 is 19.1 Å². The molecular weight excluding hydrogens is 304 g/mol. The van der Waals surface area contributed by atoms with E-state index >= 15 is 0 Å². The van der Waals surface area contributed by atoms with Crippen LogP contribution in [-0.4, -0.2) is 18.5 Å². The molecular formula is C20H20O4. The summed E-state index contributed by atoms with van der Waals surface area (Å²) in [6, 6.07) is 15.8. The Bertz CT molecular complexity index is 700. The molecule has 0 amide bonds. The summed E-state index contributed by atoms with van der Waals surface area (Å²) in [6.07, 6.45) is 3.04. The van der Waals surface area contributed by atoms with Gasteiger partial charge in [0.2, 0.25) is 0 Å². The average Bonchev–Trinajstić information content (AvgIpc) is 2.59. The van der Waals surface area contributed by atoms with Crippen LogP contribution in [0.2, 0.25) is 0 Å². The first-order valence-electron chi connectivity index (χ1n) is 7.76. The zero-order chi connectivity index (χ0) is 17.4. The normalized spacial score (nSPS) is 10.8. The molecule has 0 saturated carbocycles. The zero-order valence-corrected chi connectivity index (χ0v) is 13.8. The van der Waals surface area contributed by atoms with Crippen molar-refractivity contribution in [1.29, 1.82) is 0 Å². The van der Waals surface area contributed by atoms with Crippen LogP contribution in [0, 0.1) is 5.92 Å². The lowest BCUT2D eigenvalue weighted by Crippen LogP contribution is -2.10. The van der Waals surface area contributed by atoms with Gasteiger partial charge in [-0.2, -0.15) is 0 Å². The van der Waals surface area contributed by atoms with E-state index in [-0.39, 0.29) is 11.9 Å². The Kier molecular flexibility index (Phi) is 6.32. The van der Waals surface area contributed by atoms with Crippen LogP contribution < -0.4 is 4.74 Å². The average molecular weight is 324 g/mol. The number of hydrogen-bond donors (Lipinski definition) is 0. The van der Waals surface area contributed by atoms with E-state index in [0.717, 1.165) is 5.56 Å². The van der Waals surface area contributed by atoms with Crippen molar-refractivity contribution in [1.82, 2.24) is 0 Å². The lowest BCUT2D eigenvalue weighted by Gasteiger charge is -2.07. The Labute approximate surface area is 141 Å². The molecule has 2 aromatic carbocycles. The predicted octanol–water partition coefficient (Wildman–Crippen LogP) is 4.12. The summed E-state index contributed by atoms with van der Waals surface area (Å²) in [4.78, 5) is 23.6. The summed E-state index contributed by atoms with van der Waals surface area (Å²) in [7, 11) is 0. The summed E-state index contributed by atoms with van der Waals surface area (Å²) in [5.74, 6) is -0.205. The maximum atomic E-state index is 11.8. The predicted molar refractivity (Wildman–Crippen MR) is 92.7 cm³/mol. The van der Waals surface area contributed by atoms with Crippen LogP contribution >= 0.6 is 0 Å². The highest BCUT2D eigenvalue weighted by molar-refractivity contribution is 5.90. The highest BCUT2D eigenvalue weighted by Gasteiger charge is 2.09. The van der Waals surface area contributed by atoms with E-state index in [4.69, 9.17) is 9.47 Å². The second kappa shape index (κ2) is 8.67. The van der Waals surface area contributed by atoms with E-state index in [1.807, 2.05) is 44.2 Å². The molecule has 0 bridgehead atoms. The molecule has 0 fully saturated rings. The number of hydrogen-bond acceptors (Lipinski definition) is 4. The van der Waals surface area contributed by atoms with Crippen LogP contribution in [0.3, 0.4) is 0 Å². The first kappa shape index (κ1) is 17.5. The molecule has 2 rings (SSSR count). The molecule has 2 aromatic rings. The largest absolute Gasteiger partial charge is 0.462 e. The van der Waals surface area contributed by atoms with Gasteiger partial charge in [0.05, 0.1) is 12.2 Å². The van der Waals surface area contributed by atoms with Crippen molar-refractivity contribution in [2.24, 2.45) is 5.92 Å². The van der Waals surface area contributed by atoms with Crippen LogP contribution in [0.15, 0.2) is 60.7 Å². The van der Waals surface area contributed by atoms with Crippen molar-refractivity contribution >= 4 is 18.0 Å². The molecule has 0 atom stereocenters. The summed E-state index contributed by atoms with van der Waals surface area (Å²) in [5, 5.41) is 0. The fourth-order valence-electron chi connectivity index (χ4n) is 1.86. The molecule has 0 saturated heterocycles. The monoisotopic (exact) mass is 324 g/mol. The van der Waals surface area contributed by atoms with Gasteiger partial charge in [-0.1, -0.05) is 44.2 Å². The number of esters is 2. The molecule has 0 aliphatic heterocycles. The third kappa shape index (κ3) is 5.72. The maximum absolute atomic E-state index is 11.8.